The van der Waals surface area contributed by atoms with Gasteiger partial charge in [0.1, 0.15) is 5.82 Å². The molecule has 0 saturated carbocycles. The van der Waals surface area contributed by atoms with Gasteiger partial charge in [-0.25, -0.2) is 4.39 Å². The maximum atomic E-state index is 13.9. The summed E-state index contributed by atoms with van der Waals surface area (Å²) in [6.07, 6.45) is -3.19. The molecule has 3 N–H and O–H groups in total. The predicted octanol–water partition coefficient (Wildman–Crippen LogP) is 5.19. The molecule has 0 heterocycles. The Bertz CT molecular complexity index is 1120. The second kappa shape index (κ2) is 7.57. The number of hydrogen-bond acceptors (Lipinski definition) is 2. The number of anilines is 1. The van der Waals surface area contributed by atoms with Crippen molar-refractivity contribution in [1.29, 1.82) is 0 Å². The van der Waals surface area contributed by atoms with E-state index >= 15 is 0 Å². The number of alkyl halides is 3. The van der Waals surface area contributed by atoms with Gasteiger partial charge in [0.25, 0.3) is 5.91 Å². The van der Waals surface area contributed by atoms with Crippen molar-refractivity contribution < 1.29 is 22.4 Å². The quantitative estimate of drug-likeness (QED) is 0.580. The van der Waals surface area contributed by atoms with Gasteiger partial charge in [-0.05, 0) is 71.5 Å². The van der Waals surface area contributed by atoms with Crippen LogP contribution in [0.25, 0.3) is 11.1 Å². The summed E-state index contributed by atoms with van der Waals surface area (Å²) < 4.78 is 53.1. The first kappa shape index (κ1) is 20.1. The van der Waals surface area contributed by atoms with Gasteiger partial charge in [0.2, 0.25) is 0 Å². The van der Waals surface area contributed by atoms with E-state index in [1.54, 1.807) is 18.2 Å². The first-order valence-electron chi connectivity index (χ1n) is 9.36. The van der Waals surface area contributed by atoms with Crippen molar-refractivity contribution in [3.8, 4) is 11.1 Å². The zero-order chi connectivity index (χ0) is 21.5. The van der Waals surface area contributed by atoms with Gasteiger partial charge in [-0.3, -0.25) is 4.79 Å². The van der Waals surface area contributed by atoms with Gasteiger partial charge in [0.05, 0.1) is 5.56 Å². The molecule has 1 atom stereocenters. The van der Waals surface area contributed by atoms with Crippen LogP contribution in [0.1, 0.15) is 27.0 Å². The molecule has 4 rings (SSSR count). The van der Waals surface area contributed by atoms with Gasteiger partial charge in [-0.1, -0.05) is 24.3 Å². The highest BCUT2D eigenvalue weighted by Crippen LogP contribution is 2.34. The first-order chi connectivity index (χ1) is 14.2. The summed E-state index contributed by atoms with van der Waals surface area (Å²) in [7, 11) is 0. The minimum Gasteiger partial charge on any atom is -0.327 e. The van der Waals surface area contributed by atoms with Gasteiger partial charge in [-0.2, -0.15) is 13.2 Å². The molecule has 3 aromatic carbocycles. The molecular weight excluding hydrogens is 396 g/mol. The highest BCUT2D eigenvalue weighted by molar-refractivity contribution is 6.08. The van der Waals surface area contributed by atoms with E-state index in [9.17, 15) is 22.4 Å². The van der Waals surface area contributed by atoms with Gasteiger partial charge in [0, 0.05) is 17.3 Å². The summed E-state index contributed by atoms with van der Waals surface area (Å²) in [5.41, 5.74) is 7.97. The third kappa shape index (κ3) is 4.07. The van der Waals surface area contributed by atoms with Crippen LogP contribution in [-0.4, -0.2) is 11.9 Å². The molecule has 3 nitrogen and oxygen atoms in total. The molecule has 1 unspecified atom stereocenters. The lowest BCUT2D eigenvalue weighted by Crippen LogP contribution is -2.19. The van der Waals surface area contributed by atoms with E-state index in [0.29, 0.717) is 11.8 Å². The van der Waals surface area contributed by atoms with Crippen LogP contribution in [0.2, 0.25) is 0 Å². The average Bonchev–Trinajstić information content (AvgIpc) is 3.06. The number of nitrogens with one attached hydrogen (secondary N) is 1. The summed E-state index contributed by atoms with van der Waals surface area (Å²) in [6.45, 7) is 0. The fourth-order valence-corrected chi connectivity index (χ4v) is 3.77. The summed E-state index contributed by atoms with van der Waals surface area (Å²) in [5.74, 6) is -1.52. The zero-order valence-electron chi connectivity index (χ0n) is 15.8. The van der Waals surface area contributed by atoms with Gasteiger partial charge < -0.3 is 11.1 Å². The lowest BCUT2D eigenvalue weighted by molar-refractivity contribution is -0.137. The SMILES string of the molecule is NC1Cc2ccc(NC(=O)c3ccccc3-c3cc(F)cc(C(F)(F)F)c3)cc2C1. The van der Waals surface area contributed by atoms with Crippen LogP contribution in [0.3, 0.4) is 0 Å². The Morgan fingerprint density at radius 1 is 0.967 bits per heavy atom. The molecule has 0 saturated heterocycles. The summed E-state index contributed by atoms with van der Waals surface area (Å²) >= 11 is 0. The molecule has 0 radical (unpaired) electrons. The molecule has 30 heavy (non-hydrogen) atoms. The lowest BCUT2D eigenvalue weighted by atomic mass is 9.97. The second-order valence-corrected chi connectivity index (χ2v) is 7.38. The molecule has 0 fully saturated rings. The Kier molecular flexibility index (Phi) is 5.07. The average molecular weight is 414 g/mol. The van der Waals surface area contributed by atoms with Crippen LogP contribution >= 0.6 is 0 Å². The fraction of sp³-hybridized carbons (Fsp3) is 0.174. The number of carbonyl (C=O) groups excluding carboxylic acids is 1. The van der Waals surface area contributed by atoms with Crippen molar-refractivity contribution in [2.24, 2.45) is 5.73 Å². The summed E-state index contributed by atoms with van der Waals surface area (Å²) in [6, 6.07) is 14.0. The van der Waals surface area contributed by atoms with E-state index in [1.165, 1.54) is 12.1 Å². The molecular formula is C23H18F4N2O. The standard InChI is InChI=1S/C23H18F4N2O/c24-17-8-15(7-16(12-17)23(25,26)27)20-3-1-2-4-21(20)22(30)29-19-6-5-13-9-18(28)10-14(13)11-19/h1-8,11-12,18H,9-10,28H2,(H,29,30). The van der Waals surface area contributed by atoms with E-state index in [2.05, 4.69) is 5.32 Å². The normalized spacial score (nSPS) is 15.7. The molecule has 1 amide bonds. The third-order valence-corrected chi connectivity index (χ3v) is 5.14. The van der Waals surface area contributed by atoms with Crippen molar-refractivity contribution in [1.82, 2.24) is 0 Å². The summed E-state index contributed by atoms with van der Waals surface area (Å²) in [4.78, 5) is 12.9. The number of rotatable bonds is 3. The van der Waals surface area contributed by atoms with E-state index in [4.69, 9.17) is 5.73 Å². The maximum Gasteiger partial charge on any atom is 0.416 e. The van der Waals surface area contributed by atoms with Crippen LogP contribution in [0.15, 0.2) is 60.7 Å². The molecule has 0 bridgehead atoms. The Morgan fingerprint density at radius 2 is 1.70 bits per heavy atom. The molecule has 0 spiro atoms. The molecule has 1 aliphatic rings. The summed E-state index contributed by atoms with van der Waals surface area (Å²) in [5, 5.41) is 2.78. The molecule has 3 aromatic rings. The van der Waals surface area contributed by atoms with Crippen LogP contribution in [-0.2, 0) is 19.0 Å². The Labute approximate surface area is 170 Å². The van der Waals surface area contributed by atoms with E-state index in [0.717, 1.165) is 36.1 Å². The van der Waals surface area contributed by atoms with Crippen LogP contribution in [0, 0.1) is 5.82 Å². The highest BCUT2D eigenvalue weighted by Gasteiger charge is 2.31. The van der Waals surface area contributed by atoms with E-state index in [-0.39, 0.29) is 22.7 Å². The van der Waals surface area contributed by atoms with Crippen molar-refractivity contribution in [2.45, 2.75) is 25.1 Å². The van der Waals surface area contributed by atoms with Crippen LogP contribution in [0.5, 0.6) is 0 Å². The number of benzene rings is 3. The monoisotopic (exact) mass is 414 g/mol. The third-order valence-electron chi connectivity index (χ3n) is 5.14. The Morgan fingerprint density at radius 3 is 2.47 bits per heavy atom. The van der Waals surface area contributed by atoms with Crippen molar-refractivity contribution in [3.05, 3.63) is 88.7 Å². The lowest BCUT2D eigenvalue weighted by Gasteiger charge is -2.13. The molecule has 7 heteroatoms. The number of nitrogens with two attached hydrogens (primary N) is 1. The van der Waals surface area contributed by atoms with Crippen molar-refractivity contribution in [2.75, 3.05) is 5.32 Å². The van der Waals surface area contributed by atoms with E-state index < -0.39 is 23.5 Å². The molecule has 0 aromatic heterocycles. The smallest absolute Gasteiger partial charge is 0.327 e. The second-order valence-electron chi connectivity index (χ2n) is 7.38. The number of carbonyl (C=O) groups is 1. The Hall–Kier alpha value is -3.19. The largest absolute Gasteiger partial charge is 0.416 e. The predicted molar refractivity (Wildman–Crippen MR) is 107 cm³/mol. The first-order valence-corrected chi connectivity index (χ1v) is 9.36. The number of fused-ring (bicyclic) bond motifs is 1. The fourth-order valence-electron chi connectivity index (χ4n) is 3.77. The minimum absolute atomic E-state index is 0.0204. The highest BCUT2D eigenvalue weighted by atomic mass is 19.4. The van der Waals surface area contributed by atoms with Crippen molar-refractivity contribution in [3.63, 3.8) is 0 Å². The van der Waals surface area contributed by atoms with Gasteiger partial charge >= 0.3 is 6.18 Å². The Balaban J connectivity index is 1.67. The van der Waals surface area contributed by atoms with Crippen molar-refractivity contribution >= 4 is 11.6 Å². The van der Waals surface area contributed by atoms with E-state index in [1.807, 2.05) is 12.1 Å². The zero-order valence-corrected chi connectivity index (χ0v) is 15.8. The maximum absolute atomic E-state index is 13.9. The van der Waals surface area contributed by atoms with Crippen LogP contribution < -0.4 is 11.1 Å². The number of hydrogen-bond donors (Lipinski definition) is 2. The number of halogens is 4. The molecule has 154 valence electrons. The van der Waals surface area contributed by atoms with Gasteiger partial charge in [-0.15, -0.1) is 0 Å². The van der Waals surface area contributed by atoms with Crippen LogP contribution in [0.4, 0.5) is 23.2 Å². The molecule has 1 aliphatic carbocycles. The topological polar surface area (TPSA) is 55.1 Å². The number of amides is 1. The minimum atomic E-state index is -4.70. The van der Waals surface area contributed by atoms with Gasteiger partial charge in [0.15, 0.2) is 0 Å². The molecule has 0 aliphatic heterocycles.